The molecule has 0 bridgehead atoms. The number of amides is 1. The summed E-state index contributed by atoms with van der Waals surface area (Å²) in [6.07, 6.45) is 0. The topological polar surface area (TPSA) is 51.0 Å². The molecule has 1 heterocycles. The number of aryl methyl sites for hydroxylation is 1. The molecule has 0 spiro atoms. The molecule has 0 atom stereocenters. The van der Waals surface area contributed by atoms with Crippen LogP contribution in [0.4, 0.5) is 0 Å². The van der Waals surface area contributed by atoms with E-state index in [1.165, 1.54) is 17.3 Å². The SMILES string of the molecule is CCN(CC)C(=O)CSc1nnc(-c2ccccc2Cl)n1-c1ccc(C)cc1. The van der Waals surface area contributed by atoms with Gasteiger partial charge in [-0.05, 0) is 45.0 Å². The molecule has 2 aromatic carbocycles. The van der Waals surface area contributed by atoms with E-state index in [2.05, 4.69) is 10.2 Å². The summed E-state index contributed by atoms with van der Waals surface area (Å²) >= 11 is 7.80. The summed E-state index contributed by atoms with van der Waals surface area (Å²) in [5.41, 5.74) is 2.91. The maximum absolute atomic E-state index is 12.4. The zero-order chi connectivity index (χ0) is 20.1. The van der Waals surface area contributed by atoms with Crippen molar-refractivity contribution in [3.05, 3.63) is 59.1 Å². The summed E-state index contributed by atoms with van der Waals surface area (Å²) in [7, 11) is 0. The van der Waals surface area contributed by atoms with Crippen molar-refractivity contribution in [3.8, 4) is 17.1 Å². The third kappa shape index (κ3) is 4.39. The minimum atomic E-state index is 0.0905. The minimum Gasteiger partial charge on any atom is -0.343 e. The van der Waals surface area contributed by atoms with Crippen molar-refractivity contribution < 1.29 is 4.79 Å². The van der Waals surface area contributed by atoms with Crippen LogP contribution in [-0.2, 0) is 4.79 Å². The molecule has 146 valence electrons. The van der Waals surface area contributed by atoms with E-state index in [4.69, 9.17) is 11.6 Å². The summed E-state index contributed by atoms with van der Waals surface area (Å²) in [6.45, 7) is 7.41. The molecule has 0 radical (unpaired) electrons. The lowest BCUT2D eigenvalue weighted by Crippen LogP contribution is -2.31. The van der Waals surface area contributed by atoms with E-state index in [-0.39, 0.29) is 5.91 Å². The number of benzene rings is 2. The highest BCUT2D eigenvalue weighted by atomic mass is 35.5. The zero-order valence-electron chi connectivity index (χ0n) is 16.2. The van der Waals surface area contributed by atoms with Gasteiger partial charge in [0, 0.05) is 24.3 Å². The molecule has 7 heteroatoms. The first-order chi connectivity index (χ1) is 13.5. The van der Waals surface area contributed by atoms with Crippen molar-refractivity contribution in [2.24, 2.45) is 0 Å². The van der Waals surface area contributed by atoms with Crippen molar-refractivity contribution >= 4 is 29.3 Å². The molecule has 0 N–H and O–H groups in total. The van der Waals surface area contributed by atoms with Gasteiger partial charge in [-0.25, -0.2) is 0 Å². The van der Waals surface area contributed by atoms with Crippen LogP contribution in [0.5, 0.6) is 0 Å². The summed E-state index contributed by atoms with van der Waals surface area (Å²) < 4.78 is 1.96. The van der Waals surface area contributed by atoms with E-state index in [0.29, 0.717) is 34.8 Å². The maximum atomic E-state index is 12.4. The first-order valence-electron chi connectivity index (χ1n) is 9.23. The summed E-state index contributed by atoms with van der Waals surface area (Å²) in [5.74, 6) is 1.06. The van der Waals surface area contributed by atoms with Crippen molar-refractivity contribution in [1.82, 2.24) is 19.7 Å². The van der Waals surface area contributed by atoms with Crippen molar-refractivity contribution in [2.45, 2.75) is 25.9 Å². The molecule has 0 fully saturated rings. The number of rotatable bonds is 7. The van der Waals surface area contributed by atoms with Gasteiger partial charge in [0.1, 0.15) is 0 Å². The second-order valence-electron chi connectivity index (χ2n) is 6.31. The van der Waals surface area contributed by atoms with Crippen LogP contribution in [0.25, 0.3) is 17.1 Å². The molecule has 0 aliphatic carbocycles. The number of hydrogen-bond donors (Lipinski definition) is 0. The second kappa shape index (κ2) is 9.26. The van der Waals surface area contributed by atoms with Gasteiger partial charge in [0.2, 0.25) is 5.91 Å². The fourth-order valence-corrected chi connectivity index (χ4v) is 3.98. The number of hydrogen-bond acceptors (Lipinski definition) is 4. The van der Waals surface area contributed by atoms with Crippen LogP contribution in [0.3, 0.4) is 0 Å². The molecule has 0 unspecified atom stereocenters. The van der Waals surface area contributed by atoms with Crippen molar-refractivity contribution in [3.63, 3.8) is 0 Å². The second-order valence-corrected chi connectivity index (χ2v) is 7.66. The molecule has 0 saturated carbocycles. The number of carbonyl (C=O) groups excluding carboxylic acids is 1. The first-order valence-corrected chi connectivity index (χ1v) is 10.6. The van der Waals surface area contributed by atoms with Crippen LogP contribution in [0, 0.1) is 6.92 Å². The van der Waals surface area contributed by atoms with Crippen LogP contribution in [0.15, 0.2) is 53.7 Å². The summed E-state index contributed by atoms with van der Waals surface area (Å²) in [5, 5.41) is 10.0. The van der Waals surface area contributed by atoms with Gasteiger partial charge in [-0.15, -0.1) is 10.2 Å². The van der Waals surface area contributed by atoms with Gasteiger partial charge in [-0.2, -0.15) is 0 Å². The molecule has 0 aliphatic heterocycles. The molecule has 3 aromatic rings. The number of nitrogens with zero attached hydrogens (tertiary/aromatic N) is 4. The molecule has 5 nitrogen and oxygen atoms in total. The Hall–Kier alpha value is -2.31. The van der Waals surface area contributed by atoms with E-state index in [1.807, 2.05) is 78.8 Å². The lowest BCUT2D eigenvalue weighted by atomic mass is 10.2. The van der Waals surface area contributed by atoms with Gasteiger partial charge in [-0.1, -0.05) is 53.2 Å². The average molecular weight is 415 g/mol. The van der Waals surface area contributed by atoms with Gasteiger partial charge in [0.05, 0.1) is 10.8 Å². The quantitative estimate of drug-likeness (QED) is 0.518. The molecule has 3 rings (SSSR count). The molecule has 0 aliphatic rings. The maximum Gasteiger partial charge on any atom is 0.233 e. The molecular weight excluding hydrogens is 392 g/mol. The Kier molecular flexibility index (Phi) is 6.75. The van der Waals surface area contributed by atoms with Crippen LogP contribution >= 0.6 is 23.4 Å². The van der Waals surface area contributed by atoms with Crippen molar-refractivity contribution in [1.29, 1.82) is 0 Å². The number of halogens is 1. The minimum absolute atomic E-state index is 0.0905. The van der Waals surface area contributed by atoms with E-state index in [0.717, 1.165) is 11.3 Å². The highest BCUT2D eigenvalue weighted by Crippen LogP contribution is 2.32. The predicted octanol–water partition coefficient (Wildman–Crippen LogP) is 4.86. The standard InChI is InChI=1S/C21H23ClN4OS/c1-4-25(5-2)19(27)14-28-21-24-23-20(17-8-6-7-9-18(17)22)26(21)16-12-10-15(3)11-13-16/h6-13H,4-5,14H2,1-3H3. The Morgan fingerprint density at radius 2 is 1.75 bits per heavy atom. The van der Waals surface area contributed by atoms with Crippen LogP contribution in [-0.4, -0.2) is 44.4 Å². The molecule has 1 amide bonds. The molecule has 0 saturated heterocycles. The van der Waals surface area contributed by atoms with Crippen LogP contribution in [0.2, 0.25) is 5.02 Å². The van der Waals surface area contributed by atoms with Crippen LogP contribution < -0.4 is 0 Å². The van der Waals surface area contributed by atoms with Crippen molar-refractivity contribution in [2.75, 3.05) is 18.8 Å². The Bertz CT molecular complexity index is 951. The Balaban J connectivity index is 2.00. The normalized spacial score (nSPS) is 10.9. The number of thioether (sulfide) groups is 1. The van der Waals surface area contributed by atoms with Crippen LogP contribution in [0.1, 0.15) is 19.4 Å². The van der Waals surface area contributed by atoms with Gasteiger partial charge in [-0.3, -0.25) is 9.36 Å². The highest BCUT2D eigenvalue weighted by Gasteiger charge is 2.19. The van der Waals surface area contributed by atoms with E-state index < -0.39 is 0 Å². The first kappa shape index (κ1) is 20.4. The summed E-state index contributed by atoms with van der Waals surface area (Å²) in [6, 6.07) is 15.7. The Labute approximate surface area is 174 Å². The van der Waals surface area contributed by atoms with Gasteiger partial charge in [0.15, 0.2) is 11.0 Å². The lowest BCUT2D eigenvalue weighted by molar-refractivity contribution is -0.127. The highest BCUT2D eigenvalue weighted by molar-refractivity contribution is 7.99. The largest absolute Gasteiger partial charge is 0.343 e. The number of carbonyl (C=O) groups is 1. The number of aromatic nitrogens is 3. The monoisotopic (exact) mass is 414 g/mol. The fourth-order valence-electron chi connectivity index (χ4n) is 2.90. The van der Waals surface area contributed by atoms with E-state index in [1.54, 1.807) is 0 Å². The molecular formula is C21H23ClN4OS. The van der Waals surface area contributed by atoms with E-state index >= 15 is 0 Å². The van der Waals surface area contributed by atoms with Gasteiger partial charge >= 0.3 is 0 Å². The van der Waals surface area contributed by atoms with Gasteiger partial charge < -0.3 is 4.90 Å². The molecule has 1 aromatic heterocycles. The summed E-state index contributed by atoms with van der Waals surface area (Å²) in [4.78, 5) is 14.2. The smallest absolute Gasteiger partial charge is 0.233 e. The molecule has 28 heavy (non-hydrogen) atoms. The predicted molar refractivity (Wildman–Crippen MR) is 115 cm³/mol. The Morgan fingerprint density at radius 1 is 1.07 bits per heavy atom. The van der Waals surface area contributed by atoms with Gasteiger partial charge in [0.25, 0.3) is 0 Å². The lowest BCUT2D eigenvalue weighted by Gasteiger charge is -2.18. The van der Waals surface area contributed by atoms with E-state index in [9.17, 15) is 4.79 Å². The third-order valence-corrected chi connectivity index (χ3v) is 5.72. The Morgan fingerprint density at radius 3 is 2.39 bits per heavy atom. The zero-order valence-corrected chi connectivity index (χ0v) is 17.8. The third-order valence-electron chi connectivity index (χ3n) is 4.48. The fraction of sp³-hybridized carbons (Fsp3) is 0.286. The average Bonchev–Trinajstić information content (AvgIpc) is 3.12.